The number of benzene rings is 1. The number of amides is 1. The number of hydrogen-bond acceptors (Lipinski definition) is 5. The molecule has 0 radical (unpaired) electrons. The zero-order chi connectivity index (χ0) is 24.1. The smallest absolute Gasteiger partial charge is 0.223 e. The maximum Gasteiger partial charge on any atom is 0.223 e. The van der Waals surface area contributed by atoms with Crippen LogP contribution in [0.1, 0.15) is 45.2 Å². The van der Waals surface area contributed by atoms with Gasteiger partial charge in [-0.15, -0.1) is 0 Å². The number of carbonyl (C=O) groups excluding carboxylic acids is 1. The number of carbonyl (C=O) groups is 1. The normalized spacial score (nSPS) is 18.9. The molecule has 1 aliphatic rings. The Morgan fingerprint density at radius 3 is 2.42 bits per heavy atom. The molecule has 1 fully saturated rings. The summed E-state index contributed by atoms with van der Waals surface area (Å²) in [4.78, 5) is 24.2. The first-order valence-electron chi connectivity index (χ1n) is 10.8. The van der Waals surface area contributed by atoms with E-state index in [0.717, 1.165) is 37.8 Å². The third-order valence-electron chi connectivity index (χ3n) is 5.49. The molecule has 1 aliphatic carbocycles. The van der Waals surface area contributed by atoms with Gasteiger partial charge in [0.2, 0.25) is 11.9 Å². The lowest BCUT2D eigenvalue weighted by Gasteiger charge is -2.27. The van der Waals surface area contributed by atoms with E-state index in [1.165, 1.54) is 0 Å². The first-order chi connectivity index (χ1) is 15.6. The van der Waals surface area contributed by atoms with Gasteiger partial charge in [0.1, 0.15) is 5.69 Å². The van der Waals surface area contributed by atoms with Gasteiger partial charge in [-0.25, -0.2) is 23.7 Å². The van der Waals surface area contributed by atoms with Crippen molar-refractivity contribution >= 4 is 40.8 Å². The highest BCUT2D eigenvalue weighted by molar-refractivity contribution is 6.30. The minimum absolute atomic E-state index is 0.0783. The summed E-state index contributed by atoms with van der Waals surface area (Å²) < 4.78 is 28.2. The molecular weight excluding hydrogens is 452 g/mol. The topological polar surface area (TPSA) is 131 Å². The van der Waals surface area contributed by atoms with Gasteiger partial charge in [-0.05, 0) is 64.0 Å². The zero-order valence-corrected chi connectivity index (χ0v) is 19.3. The van der Waals surface area contributed by atoms with Gasteiger partial charge >= 0.3 is 0 Å². The summed E-state index contributed by atoms with van der Waals surface area (Å²) in [6, 6.07) is 2.05. The standard InChI is InChI=1S/C22H28ClF2N7O/c1-11(2)29-22-28-10-18(17(31-22)7-12-3-5-13(6-4-12)20(26)33)30-21(27)32-19-15(24)8-14(23)9-16(19)25/h8-13H,3-7H2,1-2H3,(H2,26,33)(H3,27,30,32)(H,28,29,31). The Bertz CT molecular complexity index is 1020. The van der Waals surface area contributed by atoms with Gasteiger partial charge in [0.25, 0.3) is 0 Å². The summed E-state index contributed by atoms with van der Waals surface area (Å²) in [5, 5.41) is 5.94. The fourth-order valence-corrected chi connectivity index (χ4v) is 4.05. The van der Waals surface area contributed by atoms with Crippen molar-refractivity contribution in [2.75, 3.05) is 10.6 Å². The number of nitrogens with zero attached hydrogens (tertiary/aromatic N) is 3. The molecule has 6 N–H and O–H groups in total. The number of aliphatic imine (C=N–C) groups is 1. The van der Waals surface area contributed by atoms with Crippen molar-refractivity contribution in [2.45, 2.75) is 52.0 Å². The third kappa shape index (κ3) is 6.74. The quantitative estimate of drug-likeness (QED) is 0.349. The second-order valence-electron chi connectivity index (χ2n) is 8.52. The number of aromatic nitrogens is 2. The van der Waals surface area contributed by atoms with Crippen LogP contribution in [-0.2, 0) is 11.2 Å². The van der Waals surface area contributed by atoms with Crippen molar-refractivity contribution in [3.8, 4) is 0 Å². The summed E-state index contributed by atoms with van der Waals surface area (Å²) in [7, 11) is 0. The molecule has 33 heavy (non-hydrogen) atoms. The van der Waals surface area contributed by atoms with Crippen molar-refractivity contribution in [1.82, 2.24) is 9.97 Å². The highest BCUT2D eigenvalue weighted by atomic mass is 35.5. The lowest BCUT2D eigenvalue weighted by molar-refractivity contribution is -0.122. The molecule has 1 aromatic heterocycles. The molecule has 8 nitrogen and oxygen atoms in total. The summed E-state index contributed by atoms with van der Waals surface area (Å²) in [6.07, 6.45) is 5.33. The van der Waals surface area contributed by atoms with Crippen LogP contribution in [0.3, 0.4) is 0 Å². The number of nitrogens with two attached hydrogens (primary N) is 2. The number of hydrogen-bond donors (Lipinski definition) is 4. The van der Waals surface area contributed by atoms with Gasteiger partial charge in [0.15, 0.2) is 17.6 Å². The van der Waals surface area contributed by atoms with Crippen molar-refractivity contribution in [2.24, 2.45) is 28.3 Å². The van der Waals surface area contributed by atoms with Crippen LogP contribution in [0.25, 0.3) is 0 Å². The maximum atomic E-state index is 14.1. The molecule has 0 atom stereocenters. The Balaban J connectivity index is 1.82. The number of anilines is 2. The fraction of sp³-hybridized carbons (Fsp3) is 0.455. The number of guanidine groups is 1. The molecule has 1 heterocycles. The largest absolute Gasteiger partial charge is 0.369 e. The van der Waals surface area contributed by atoms with E-state index in [1.807, 2.05) is 13.8 Å². The molecule has 0 unspecified atom stereocenters. The van der Waals surface area contributed by atoms with E-state index in [9.17, 15) is 13.6 Å². The van der Waals surface area contributed by atoms with Crippen LogP contribution in [0.15, 0.2) is 23.3 Å². The summed E-state index contributed by atoms with van der Waals surface area (Å²) in [5.41, 5.74) is 12.0. The molecular formula is C22H28ClF2N7O. The van der Waals surface area contributed by atoms with Crippen LogP contribution in [-0.4, -0.2) is 27.9 Å². The average molecular weight is 480 g/mol. The predicted molar refractivity (Wildman–Crippen MR) is 125 cm³/mol. The van der Waals surface area contributed by atoms with Gasteiger partial charge in [0, 0.05) is 17.0 Å². The number of primary amides is 1. The van der Waals surface area contributed by atoms with Crippen LogP contribution in [0.4, 0.5) is 26.1 Å². The lowest BCUT2D eigenvalue weighted by atomic mass is 9.79. The zero-order valence-electron chi connectivity index (χ0n) is 18.5. The second-order valence-corrected chi connectivity index (χ2v) is 8.95. The van der Waals surface area contributed by atoms with Gasteiger partial charge in [0.05, 0.1) is 17.6 Å². The number of nitrogens with one attached hydrogen (secondary N) is 2. The van der Waals surface area contributed by atoms with Crippen molar-refractivity contribution in [3.63, 3.8) is 0 Å². The van der Waals surface area contributed by atoms with Gasteiger partial charge in [-0.1, -0.05) is 11.6 Å². The van der Waals surface area contributed by atoms with Crippen molar-refractivity contribution in [3.05, 3.63) is 40.7 Å². The second kappa shape index (κ2) is 10.7. The Labute approximate surface area is 196 Å². The molecule has 1 aromatic carbocycles. The highest BCUT2D eigenvalue weighted by Gasteiger charge is 2.26. The highest BCUT2D eigenvalue weighted by Crippen LogP contribution is 2.32. The summed E-state index contributed by atoms with van der Waals surface area (Å²) in [6.45, 7) is 3.94. The van der Waals surface area contributed by atoms with Crippen LogP contribution in [0.2, 0.25) is 5.02 Å². The number of rotatable bonds is 7. The minimum atomic E-state index is -0.927. The van der Waals surface area contributed by atoms with Crippen LogP contribution in [0.5, 0.6) is 0 Å². The van der Waals surface area contributed by atoms with Crippen LogP contribution >= 0.6 is 11.6 Å². The summed E-state index contributed by atoms with van der Waals surface area (Å²) in [5.74, 6) is -1.66. The van der Waals surface area contributed by atoms with Crippen LogP contribution < -0.4 is 22.1 Å². The Morgan fingerprint density at radius 2 is 1.85 bits per heavy atom. The third-order valence-corrected chi connectivity index (χ3v) is 5.71. The van der Waals surface area contributed by atoms with E-state index >= 15 is 0 Å². The average Bonchev–Trinajstić information content (AvgIpc) is 2.72. The van der Waals surface area contributed by atoms with Crippen molar-refractivity contribution in [1.29, 1.82) is 0 Å². The van der Waals surface area contributed by atoms with E-state index in [0.29, 0.717) is 29.7 Å². The molecule has 0 spiro atoms. The molecule has 3 rings (SSSR count). The Morgan fingerprint density at radius 1 is 1.21 bits per heavy atom. The Kier molecular flexibility index (Phi) is 8.01. The Hall–Kier alpha value is -3.01. The van der Waals surface area contributed by atoms with E-state index in [1.54, 1.807) is 6.20 Å². The van der Waals surface area contributed by atoms with E-state index < -0.39 is 17.3 Å². The van der Waals surface area contributed by atoms with E-state index in [2.05, 4.69) is 25.6 Å². The van der Waals surface area contributed by atoms with Gasteiger partial charge < -0.3 is 22.1 Å². The minimum Gasteiger partial charge on any atom is -0.369 e. The monoisotopic (exact) mass is 479 g/mol. The van der Waals surface area contributed by atoms with Crippen LogP contribution in [0, 0.1) is 23.5 Å². The SMILES string of the molecule is CC(C)Nc1ncc(NC(N)=Nc2c(F)cc(Cl)cc2F)c(CC2CCC(C(N)=O)CC2)n1. The molecule has 178 valence electrons. The summed E-state index contributed by atoms with van der Waals surface area (Å²) >= 11 is 5.66. The predicted octanol–water partition coefficient (Wildman–Crippen LogP) is 4.12. The molecule has 1 amide bonds. The van der Waals surface area contributed by atoms with E-state index in [-0.39, 0.29) is 28.8 Å². The molecule has 0 aliphatic heterocycles. The van der Waals surface area contributed by atoms with Gasteiger partial charge in [-0.3, -0.25) is 4.79 Å². The first-order valence-corrected chi connectivity index (χ1v) is 11.2. The molecule has 11 heteroatoms. The maximum absolute atomic E-state index is 14.1. The van der Waals surface area contributed by atoms with Crippen molar-refractivity contribution < 1.29 is 13.6 Å². The van der Waals surface area contributed by atoms with Gasteiger partial charge in [-0.2, -0.15) is 0 Å². The first kappa shape index (κ1) is 24.6. The number of halogens is 3. The fourth-order valence-electron chi connectivity index (χ4n) is 3.86. The lowest BCUT2D eigenvalue weighted by Crippen LogP contribution is -2.28. The molecule has 2 aromatic rings. The van der Waals surface area contributed by atoms with E-state index in [4.69, 9.17) is 23.1 Å². The molecule has 0 saturated heterocycles. The molecule has 0 bridgehead atoms. The molecule has 1 saturated carbocycles.